The zero-order valence-electron chi connectivity index (χ0n) is 16.3. The van der Waals surface area contributed by atoms with Crippen molar-refractivity contribution in [3.8, 4) is 0 Å². The molecule has 0 unspecified atom stereocenters. The fourth-order valence-corrected chi connectivity index (χ4v) is 3.90. The molecule has 6 heteroatoms. The first-order chi connectivity index (χ1) is 13.8. The predicted octanol–water partition coefficient (Wildman–Crippen LogP) is 3.68. The Hall–Kier alpha value is -2.60. The number of aromatic nitrogens is 1. The molecule has 3 heterocycles. The van der Waals surface area contributed by atoms with Crippen molar-refractivity contribution >= 4 is 23.0 Å². The van der Waals surface area contributed by atoms with Gasteiger partial charge in [-0.25, -0.2) is 0 Å². The lowest BCUT2D eigenvalue weighted by Gasteiger charge is -2.30. The Morgan fingerprint density at radius 3 is 2.50 bits per heavy atom. The van der Waals surface area contributed by atoms with E-state index in [0.29, 0.717) is 5.56 Å². The first kappa shape index (κ1) is 18.7. The van der Waals surface area contributed by atoms with E-state index in [1.54, 1.807) is 12.4 Å². The van der Waals surface area contributed by atoms with Gasteiger partial charge in [-0.15, -0.1) is 0 Å². The van der Waals surface area contributed by atoms with Gasteiger partial charge in [-0.3, -0.25) is 9.78 Å². The molecule has 4 rings (SSSR count). The Bertz CT molecular complexity index is 797. The van der Waals surface area contributed by atoms with Gasteiger partial charge in [-0.1, -0.05) is 25.0 Å². The highest BCUT2D eigenvalue weighted by Gasteiger charge is 2.19. The lowest BCUT2D eigenvalue weighted by atomic mass is 10.2. The molecule has 6 nitrogen and oxygen atoms in total. The van der Waals surface area contributed by atoms with E-state index in [1.807, 2.05) is 23.1 Å². The highest BCUT2D eigenvalue weighted by Crippen LogP contribution is 2.29. The number of anilines is 3. The summed E-state index contributed by atoms with van der Waals surface area (Å²) in [5.74, 6) is 0.0829. The zero-order chi connectivity index (χ0) is 19.2. The van der Waals surface area contributed by atoms with E-state index in [2.05, 4.69) is 27.3 Å². The highest BCUT2D eigenvalue weighted by molar-refractivity contribution is 5.95. The average Bonchev–Trinajstić information content (AvgIpc) is 3.04. The van der Waals surface area contributed by atoms with E-state index >= 15 is 0 Å². The van der Waals surface area contributed by atoms with Crippen LogP contribution >= 0.6 is 0 Å². The second-order valence-electron chi connectivity index (χ2n) is 7.41. The van der Waals surface area contributed by atoms with Crippen molar-refractivity contribution in [3.05, 3.63) is 48.3 Å². The zero-order valence-corrected chi connectivity index (χ0v) is 16.3. The molecule has 0 spiro atoms. The summed E-state index contributed by atoms with van der Waals surface area (Å²) in [7, 11) is 0. The topological polar surface area (TPSA) is 57.7 Å². The number of likely N-dealkylation sites (tertiary alicyclic amines) is 1. The van der Waals surface area contributed by atoms with E-state index in [0.717, 1.165) is 69.3 Å². The van der Waals surface area contributed by atoms with Crippen LogP contribution in [0.15, 0.2) is 42.7 Å². The van der Waals surface area contributed by atoms with Gasteiger partial charge in [0, 0.05) is 32.4 Å². The number of benzene rings is 1. The number of hydrogen-bond acceptors (Lipinski definition) is 5. The number of carbonyl (C=O) groups excluding carboxylic acids is 1. The molecule has 0 saturated carbocycles. The van der Waals surface area contributed by atoms with Gasteiger partial charge in [0.15, 0.2) is 0 Å². The first-order valence-electron chi connectivity index (χ1n) is 10.2. The Morgan fingerprint density at radius 1 is 0.964 bits per heavy atom. The number of nitrogens with zero attached hydrogens (tertiary/aromatic N) is 3. The molecule has 1 aromatic heterocycles. The lowest BCUT2D eigenvalue weighted by molar-refractivity contribution is 0.0761. The summed E-state index contributed by atoms with van der Waals surface area (Å²) in [4.78, 5) is 21.5. The van der Waals surface area contributed by atoms with Crippen LogP contribution in [0.4, 0.5) is 17.1 Å². The molecule has 0 aliphatic carbocycles. The molecule has 28 heavy (non-hydrogen) atoms. The maximum atomic E-state index is 12.9. The normalized spacial score (nSPS) is 17.9. The summed E-state index contributed by atoms with van der Waals surface area (Å²) in [5.41, 5.74) is 3.65. The quantitative estimate of drug-likeness (QED) is 0.877. The third-order valence-electron chi connectivity index (χ3n) is 5.41. The van der Waals surface area contributed by atoms with Crippen LogP contribution in [0.3, 0.4) is 0 Å². The molecule has 2 aromatic rings. The maximum Gasteiger partial charge on any atom is 0.255 e. The number of pyridine rings is 1. The Balaban J connectivity index is 1.52. The van der Waals surface area contributed by atoms with Crippen LogP contribution in [0, 0.1) is 0 Å². The molecule has 0 radical (unpaired) electrons. The number of hydrogen-bond donors (Lipinski definition) is 1. The second-order valence-corrected chi connectivity index (χ2v) is 7.41. The first-order valence-corrected chi connectivity index (χ1v) is 10.2. The van der Waals surface area contributed by atoms with Crippen molar-refractivity contribution < 1.29 is 9.53 Å². The van der Waals surface area contributed by atoms with Crippen LogP contribution < -0.4 is 10.2 Å². The van der Waals surface area contributed by atoms with Crippen molar-refractivity contribution in [2.45, 2.75) is 25.7 Å². The van der Waals surface area contributed by atoms with Crippen LogP contribution in [0.25, 0.3) is 0 Å². The molecule has 0 atom stereocenters. The Morgan fingerprint density at radius 2 is 1.71 bits per heavy atom. The van der Waals surface area contributed by atoms with Crippen LogP contribution in [0.1, 0.15) is 36.0 Å². The molecule has 1 amide bonds. The molecule has 2 fully saturated rings. The van der Waals surface area contributed by atoms with Crippen molar-refractivity contribution in [1.29, 1.82) is 0 Å². The molecule has 1 aromatic carbocycles. The van der Waals surface area contributed by atoms with E-state index < -0.39 is 0 Å². The molecule has 0 bridgehead atoms. The van der Waals surface area contributed by atoms with Gasteiger partial charge < -0.3 is 19.9 Å². The van der Waals surface area contributed by atoms with Crippen molar-refractivity contribution in [2.24, 2.45) is 0 Å². The number of amides is 1. The van der Waals surface area contributed by atoms with Crippen molar-refractivity contribution in [1.82, 2.24) is 9.88 Å². The third-order valence-corrected chi connectivity index (χ3v) is 5.41. The summed E-state index contributed by atoms with van der Waals surface area (Å²) in [6.07, 6.45) is 8.04. The van der Waals surface area contributed by atoms with Gasteiger partial charge in [0.2, 0.25) is 0 Å². The Labute approximate surface area is 166 Å². The number of para-hydroxylation sites is 2. The van der Waals surface area contributed by atoms with Gasteiger partial charge in [-0.2, -0.15) is 0 Å². The van der Waals surface area contributed by atoms with Crippen LogP contribution in [0.2, 0.25) is 0 Å². The lowest BCUT2D eigenvalue weighted by Crippen LogP contribution is -2.36. The third kappa shape index (κ3) is 4.44. The summed E-state index contributed by atoms with van der Waals surface area (Å²) >= 11 is 0. The van der Waals surface area contributed by atoms with Gasteiger partial charge >= 0.3 is 0 Å². The average molecular weight is 380 g/mol. The molecule has 2 aliphatic rings. The Kier molecular flexibility index (Phi) is 6.07. The van der Waals surface area contributed by atoms with E-state index in [-0.39, 0.29) is 5.91 Å². The summed E-state index contributed by atoms with van der Waals surface area (Å²) in [6, 6.07) is 10.2. The fraction of sp³-hybridized carbons (Fsp3) is 0.455. The van der Waals surface area contributed by atoms with Gasteiger partial charge in [0.25, 0.3) is 5.91 Å². The minimum absolute atomic E-state index is 0.0829. The number of rotatable bonds is 4. The van der Waals surface area contributed by atoms with Crippen molar-refractivity contribution in [2.75, 3.05) is 49.6 Å². The summed E-state index contributed by atoms with van der Waals surface area (Å²) in [5, 5.41) is 3.46. The number of ether oxygens (including phenoxy) is 1. The number of carbonyl (C=O) groups is 1. The van der Waals surface area contributed by atoms with E-state index in [1.165, 1.54) is 12.8 Å². The number of nitrogens with one attached hydrogen (secondary N) is 1. The fourth-order valence-electron chi connectivity index (χ4n) is 3.90. The van der Waals surface area contributed by atoms with Crippen LogP contribution in [-0.2, 0) is 4.74 Å². The largest absolute Gasteiger partial charge is 0.378 e. The molecule has 2 aliphatic heterocycles. The smallest absolute Gasteiger partial charge is 0.255 e. The molecule has 148 valence electrons. The minimum Gasteiger partial charge on any atom is -0.378 e. The SMILES string of the molecule is O=C(c1cncc(Nc2ccccc2N2CCOCC2)c1)N1CCCCCC1. The molecule has 1 N–H and O–H groups in total. The van der Waals surface area contributed by atoms with Gasteiger partial charge in [0.05, 0.1) is 42.0 Å². The summed E-state index contributed by atoms with van der Waals surface area (Å²) in [6.45, 7) is 4.94. The standard InChI is InChI=1S/C22H28N4O2/c27-22(26-9-5-1-2-6-10-26)18-15-19(17-23-16-18)24-20-7-3-4-8-21(20)25-11-13-28-14-12-25/h3-4,7-8,15-17,24H,1-2,5-6,9-14H2. The van der Waals surface area contributed by atoms with Crippen molar-refractivity contribution in [3.63, 3.8) is 0 Å². The van der Waals surface area contributed by atoms with Gasteiger partial charge in [-0.05, 0) is 31.0 Å². The highest BCUT2D eigenvalue weighted by atomic mass is 16.5. The van der Waals surface area contributed by atoms with Crippen LogP contribution in [0.5, 0.6) is 0 Å². The van der Waals surface area contributed by atoms with Crippen LogP contribution in [-0.4, -0.2) is 55.2 Å². The van der Waals surface area contributed by atoms with E-state index in [4.69, 9.17) is 4.74 Å². The molecular formula is C22H28N4O2. The monoisotopic (exact) mass is 380 g/mol. The molecular weight excluding hydrogens is 352 g/mol. The molecule has 2 saturated heterocycles. The van der Waals surface area contributed by atoms with Gasteiger partial charge in [0.1, 0.15) is 0 Å². The second kappa shape index (κ2) is 9.06. The predicted molar refractivity (Wildman–Crippen MR) is 111 cm³/mol. The summed E-state index contributed by atoms with van der Waals surface area (Å²) < 4.78 is 5.47. The minimum atomic E-state index is 0.0829. The van der Waals surface area contributed by atoms with E-state index in [9.17, 15) is 4.79 Å². The number of morpholine rings is 1. The maximum absolute atomic E-state index is 12.9.